The minimum absolute atomic E-state index is 0.0309. The monoisotopic (exact) mass is 319 g/mol. The fourth-order valence-corrected chi connectivity index (χ4v) is 1.52. The Bertz CT molecular complexity index is 519. The van der Waals surface area contributed by atoms with Gasteiger partial charge in [0, 0.05) is 12.1 Å². The normalized spacial score (nSPS) is 11.1. The molecule has 0 saturated carbocycles. The highest BCUT2D eigenvalue weighted by molar-refractivity contribution is 9.10. The summed E-state index contributed by atoms with van der Waals surface area (Å²) in [5.74, 6) is -1.39. The number of nitro groups is 1. The number of nitrogens with one attached hydrogen (secondary N) is 1. The van der Waals surface area contributed by atoms with Crippen LogP contribution in [0.4, 0.5) is 15.8 Å². The maximum atomic E-state index is 13.4. The maximum Gasteiger partial charge on any atom is 0.293 e. The SMILES string of the molecule is CC(C)(Nc1cc(F)c(Br)cc1[N+](=O)[O-])C(N)=O. The Morgan fingerprint density at radius 2 is 2.11 bits per heavy atom. The largest absolute Gasteiger partial charge is 0.368 e. The highest BCUT2D eigenvalue weighted by atomic mass is 79.9. The Morgan fingerprint density at radius 3 is 2.56 bits per heavy atom. The van der Waals surface area contributed by atoms with Crippen molar-refractivity contribution in [3.8, 4) is 0 Å². The third-order valence-corrected chi connectivity index (χ3v) is 2.91. The molecule has 18 heavy (non-hydrogen) atoms. The van der Waals surface area contributed by atoms with Gasteiger partial charge in [0.25, 0.3) is 5.69 Å². The molecule has 8 heteroatoms. The molecule has 0 fully saturated rings. The molecule has 0 heterocycles. The molecule has 0 aliphatic heterocycles. The first kappa shape index (κ1) is 14.4. The summed E-state index contributed by atoms with van der Waals surface area (Å²) in [6.45, 7) is 2.89. The number of halogens is 2. The van der Waals surface area contributed by atoms with E-state index < -0.39 is 22.2 Å². The second-order valence-electron chi connectivity index (χ2n) is 4.15. The van der Waals surface area contributed by atoms with Crippen molar-refractivity contribution in [3.05, 3.63) is 32.5 Å². The summed E-state index contributed by atoms with van der Waals surface area (Å²) in [7, 11) is 0. The number of anilines is 1. The Hall–Kier alpha value is -1.70. The number of hydrogen-bond donors (Lipinski definition) is 2. The zero-order valence-electron chi connectivity index (χ0n) is 9.66. The molecular weight excluding hydrogens is 309 g/mol. The Morgan fingerprint density at radius 1 is 1.56 bits per heavy atom. The van der Waals surface area contributed by atoms with E-state index in [-0.39, 0.29) is 15.8 Å². The quantitative estimate of drug-likeness (QED) is 0.656. The van der Waals surface area contributed by atoms with Crippen molar-refractivity contribution in [1.29, 1.82) is 0 Å². The lowest BCUT2D eigenvalue weighted by Crippen LogP contribution is -2.45. The van der Waals surface area contributed by atoms with Crippen LogP contribution in [0.3, 0.4) is 0 Å². The van der Waals surface area contributed by atoms with Crippen LogP contribution in [0.25, 0.3) is 0 Å². The Labute approximate surface area is 111 Å². The van der Waals surface area contributed by atoms with Gasteiger partial charge in [-0.15, -0.1) is 0 Å². The van der Waals surface area contributed by atoms with E-state index in [9.17, 15) is 19.3 Å². The van der Waals surface area contributed by atoms with Crippen molar-refractivity contribution >= 4 is 33.2 Å². The average molecular weight is 320 g/mol. The molecule has 1 amide bonds. The van der Waals surface area contributed by atoms with Gasteiger partial charge in [-0.2, -0.15) is 0 Å². The molecule has 0 aliphatic rings. The summed E-state index contributed by atoms with van der Waals surface area (Å²) >= 11 is 2.86. The summed E-state index contributed by atoms with van der Waals surface area (Å²) in [6, 6.07) is 1.96. The van der Waals surface area contributed by atoms with Crippen molar-refractivity contribution in [2.24, 2.45) is 5.73 Å². The lowest BCUT2D eigenvalue weighted by Gasteiger charge is -2.23. The number of benzene rings is 1. The highest BCUT2D eigenvalue weighted by Crippen LogP contribution is 2.32. The van der Waals surface area contributed by atoms with E-state index in [0.29, 0.717) is 0 Å². The molecule has 0 spiro atoms. The molecule has 0 radical (unpaired) electrons. The van der Waals surface area contributed by atoms with E-state index in [1.807, 2.05) is 0 Å². The van der Waals surface area contributed by atoms with Crippen molar-refractivity contribution < 1.29 is 14.1 Å². The van der Waals surface area contributed by atoms with Crippen LogP contribution in [0.2, 0.25) is 0 Å². The lowest BCUT2D eigenvalue weighted by atomic mass is 10.0. The van der Waals surface area contributed by atoms with Crippen molar-refractivity contribution in [2.75, 3.05) is 5.32 Å². The van der Waals surface area contributed by atoms with Gasteiger partial charge in [-0.05, 0) is 29.8 Å². The van der Waals surface area contributed by atoms with Crippen LogP contribution in [0.1, 0.15) is 13.8 Å². The van der Waals surface area contributed by atoms with Gasteiger partial charge in [0.05, 0.1) is 9.40 Å². The predicted molar refractivity (Wildman–Crippen MR) is 67.7 cm³/mol. The number of hydrogen-bond acceptors (Lipinski definition) is 4. The first-order valence-corrected chi connectivity index (χ1v) is 5.66. The number of amides is 1. The van der Waals surface area contributed by atoms with Crippen molar-refractivity contribution in [3.63, 3.8) is 0 Å². The number of carbonyl (C=O) groups is 1. The molecule has 1 rings (SSSR count). The summed E-state index contributed by atoms with van der Waals surface area (Å²) < 4.78 is 13.3. The highest BCUT2D eigenvalue weighted by Gasteiger charge is 2.28. The molecule has 0 aliphatic carbocycles. The standard InChI is InChI=1S/C10H11BrFN3O3/c1-10(2,9(13)16)14-7-4-6(12)5(11)3-8(7)15(17)18/h3-4,14H,1-2H3,(H2,13,16). The van der Waals surface area contributed by atoms with Gasteiger partial charge in [0.15, 0.2) is 0 Å². The minimum atomic E-state index is -1.23. The molecule has 6 nitrogen and oxygen atoms in total. The van der Waals surface area contributed by atoms with Crippen molar-refractivity contribution in [1.82, 2.24) is 0 Å². The maximum absolute atomic E-state index is 13.4. The fourth-order valence-electron chi connectivity index (χ4n) is 1.19. The number of nitrogens with two attached hydrogens (primary N) is 1. The van der Waals surface area contributed by atoms with E-state index in [4.69, 9.17) is 5.73 Å². The number of nitrogens with zero attached hydrogens (tertiary/aromatic N) is 1. The molecule has 1 aromatic rings. The van der Waals surface area contributed by atoms with Gasteiger partial charge in [-0.1, -0.05) is 0 Å². The Kier molecular flexibility index (Phi) is 3.90. The second-order valence-corrected chi connectivity index (χ2v) is 5.01. The van der Waals surface area contributed by atoms with Gasteiger partial charge in [-0.3, -0.25) is 14.9 Å². The minimum Gasteiger partial charge on any atom is -0.368 e. The molecular formula is C10H11BrFN3O3. The van der Waals surface area contributed by atoms with Crippen LogP contribution in [0.5, 0.6) is 0 Å². The fraction of sp³-hybridized carbons (Fsp3) is 0.300. The van der Waals surface area contributed by atoms with Crippen LogP contribution in [0, 0.1) is 15.9 Å². The molecule has 0 atom stereocenters. The smallest absolute Gasteiger partial charge is 0.293 e. The van der Waals surface area contributed by atoms with E-state index in [1.165, 1.54) is 13.8 Å². The molecule has 0 aromatic heterocycles. The molecule has 3 N–H and O–H groups in total. The number of carbonyl (C=O) groups excluding carboxylic acids is 1. The zero-order chi connectivity index (χ0) is 14.1. The van der Waals surface area contributed by atoms with E-state index >= 15 is 0 Å². The van der Waals surface area contributed by atoms with E-state index in [1.54, 1.807) is 0 Å². The average Bonchev–Trinajstić information content (AvgIpc) is 2.22. The molecule has 0 saturated heterocycles. The van der Waals surface area contributed by atoms with E-state index in [0.717, 1.165) is 12.1 Å². The van der Waals surface area contributed by atoms with Crippen LogP contribution in [-0.2, 0) is 4.79 Å². The first-order chi connectivity index (χ1) is 8.15. The van der Waals surface area contributed by atoms with Gasteiger partial charge in [0.1, 0.15) is 17.0 Å². The van der Waals surface area contributed by atoms with E-state index in [2.05, 4.69) is 21.2 Å². The summed E-state index contributed by atoms with van der Waals surface area (Å²) in [4.78, 5) is 21.3. The lowest BCUT2D eigenvalue weighted by molar-refractivity contribution is -0.384. The first-order valence-electron chi connectivity index (χ1n) is 4.86. The van der Waals surface area contributed by atoms with Gasteiger partial charge < -0.3 is 11.1 Å². The molecule has 98 valence electrons. The summed E-state index contributed by atoms with van der Waals surface area (Å²) in [6.07, 6.45) is 0. The number of primary amides is 1. The molecule has 1 aromatic carbocycles. The predicted octanol–water partition coefficient (Wildman–Crippen LogP) is 2.17. The second kappa shape index (κ2) is 4.89. The van der Waals surface area contributed by atoms with Crippen LogP contribution in [0.15, 0.2) is 16.6 Å². The van der Waals surface area contributed by atoms with Crippen LogP contribution < -0.4 is 11.1 Å². The number of rotatable bonds is 4. The van der Waals surface area contributed by atoms with Crippen LogP contribution in [-0.4, -0.2) is 16.4 Å². The van der Waals surface area contributed by atoms with Crippen molar-refractivity contribution in [2.45, 2.75) is 19.4 Å². The van der Waals surface area contributed by atoms with Gasteiger partial charge in [0.2, 0.25) is 5.91 Å². The summed E-state index contributed by atoms with van der Waals surface area (Å²) in [5, 5.41) is 13.4. The zero-order valence-corrected chi connectivity index (χ0v) is 11.2. The molecule has 0 unspecified atom stereocenters. The van der Waals surface area contributed by atoms with Crippen LogP contribution >= 0.6 is 15.9 Å². The molecule has 0 bridgehead atoms. The number of nitro benzene ring substituents is 1. The third-order valence-electron chi connectivity index (χ3n) is 2.30. The topological polar surface area (TPSA) is 98.3 Å². The summed E-state index contributed by atoms with van der Waals surface area (Å²) in [5.41, 5.74) is 3.45. The van der Waals surface area contributed by atoms with Gasteiger partial charge in [-0.25, -0.2) is 4.39 Å². The van der Waals surface area contributed by atoms with Gasteiger partial charge >= 0.3 is 0 Å². The Balaban J connectivity index is 3.27. The third kappa shape index (κ3) is 2.95.